The number of anilines is 1. The summed E-state index contributed by atoms with van der Waals surface area (Å²) in [6, 6.07) is 5.86. The molecule has 2 N–H and O–H groups in total. The van der Waals surface area contributed by atoms with E-state index >= 15 is 0 Å². The molecule has 1 aromatic carbocycles. The number of hydrogen-bond acceptors (Lipinski definition) is 3. The molecule has 0 aliphatic carbocycles. The first kappa shape index (κ1) is 15.0. The first-order chi connectivity index (χ1) is 11.2. The van der Waals surface area contributed by atoms with Crippen LogP contribution < -0.4 is 15.8 Å². The van der Waals surface area contributed by atoms with Gasteiger partial charge in [0.05, 0.1) is 11.2 Å². The maximum atomic E-state index is 14.7. The van der Waals surface area contributed by atoms with Crippen molar-refractivity contribution in [3.8, 4) is 0 Å². The van der Waals surface area contributed by atoms with E-state index in [1.54, 1.807) is 6.07 Å². The molecule has 2 fully saturated rings. The van der Waals surface area contributed by atoms with Gasteiger partial charge in [-0.05, 0) is 57.0 Å². The molecule has 1 aromatic heterocycles. The van der Waals surface area contributed by atoms with E-state index in [4.69, 9.17) is 0 Å². The zero-order valence-electron chi connectivity index (χ0n) is 13.7. The number of piperidine rings is 1. The van der Waals surface area contributed by atoms with Gasteiger partial charge in [-0.25, -0.2) is 9.82 Å². The van der Waals surface area contributed by atoms with Gasteiger partial charge in [0.25, 0.3) is 0 Å². The van der Waals surface area contributed by atoms with Gasteiger partial charge >= 0.3 is 0 Å². The van der Waals surface area contributed by atoms with Gasteiger partial charge in [-0.3, -0.25) is 0 Å². The van der Waals surface area contributed by atoms with Crippen LogP contribution in [0.1, 0.15) is 37.3 Å². The standard InChI is InChI=1S/C18H25FN4/c1-22-17(13-4-7-20-8-5-13)12-15-16(19)10-14(11-18(15)22)23-9-3-2-6-21-23/h10-13,20-21H,2-9H2,1H3. The quantitative estimate of drug-likeness (QED) is 0.893. The predicted octanol–water partition coefficient (Wildman–Crippen LogP) is 2.89. The van der Waals surface area contributed by atoms with Gasteiger partial charge in [-0.15, -0.1) is 0 Å². The fourth-order valence-corrected chi connectivity index (χ4v) is 3.97. The van der Waals surface area contributed by atoms with Crippen LogP contribution in [0.4, 0.5) is 10.1 Å². The Morgan fingerprint density at radius 3 is 2.65 bits per heavy atom. The Morgan fingerprint density at radius 2 is 1.91 bits per heavy atom. The van der Waals surface area contributed by atoms with Crippen LogP contribution in [0.25, 0.3) is 10.9 Å². The molecule has 4 rings (SSSR count). The van der Waals surface area contributed by atoms with Gasteiger partial charge in [0.15, 0.2) is 0 Å². The van der Waals surface area contributed by atoms with E-state index in [0.717, 1.165) is 62.0 Å². The van der Waals surface area contributed by atoms with E-state index in [-0.39, 0.29) is 5.82 Å². The number of benzene rings is 1. The molecular weight excluding hydrogens is 291 g/mol. The minimum atomic E-state index is -0.111. The summed E-state index contributed by atoms with van der Waals surface area (Å²) in [5.41, 5.74) is 6.57. The summed E-state index contributed by atoms with van der Waals surface area (Å²) in [5, 5.41) is 6.24. The maximum Gasteiger partial charge on any atom is 0.134 e. The zero-order chi connectivity index (χ0) is 15.8. The van der Waals surface area contributed by atoms with Crippen LogP contribution in [-0.4, -0.2) is 30.7 Å². The number of rotatable bonds is 2. The molecule has 0 saturated carbocycles. The lowest BCUT2D eigenvalue weighted by Gasteiger charge is -2.29. The molecule has 0 unspecified atom stereocenters. The molecule has 23 heavy (non-hydrogen) atoms. The van der Waals surface area contributed by atoms with Gasteiger partial charge in [0.1, 0.15) is 5.82 Å². The molecule has 4 nitrogen and oxygen atoms in total. The summed E-state index contributed by atoms with van der Waals surface area (Å²) in [4.78, 5) is 0. The molecule has 0 bridgehead atoms. The van der Waals surface area contributed by atoms with E-state index in [1.165, 1.54) is 12.1 Å². The zero-order valence-corrected chi connectivity index (χ0v) is 13.7. The highest BCUT2D eigenvalue weighted by Crippen LogP contribution is 2.33. The van der Waals surface area contributed by atoms with E-state index in [2.05, 4.69) is 39.5 Å². The van der Waals surface area contributed by atoms with E-state index in [1.807, 2.05) is 0 Å². The van der Waals surface area contributed by atoms with Gasteiger partial charge in [-0.1, -0.05) is 0 Å². The normalized spacial score (nSPS) is 20.3. The number of aromatic nitrogens is 1. The SMILES string of the molecule is Cn1c(C2CCNCC2)cc2c(F)cc(N3CCCCN3)cc21. The van der Waals surface area contributed by atoms with Crippen LogP contribution in [0, 0.1) is 5.82 Å². The fourth-order valence-electron chi connectivity index (χ4n) is 3.97. The summed E-state index contributed by atoms with van der Waals surface area (Å²) in [7, 11) is 2.08. The second-order valence-electron chi connectivity index (χ2n) is 6.78. The number of nitrogens with one attached hydrogen (secondary N) is 2. The maximum absolute atomic E-state index is 14.7. The summed E-state index contributed by atoms with van der Waals surface area (Å²) in [6.07, 6.45) is 4.60. The molecule has 2 aromatic rings. The van der Waals surface area contributed by atoms with Crippen molar-refractivity contribution < 1.29 is 4.39 Å². The Hall–Kier alpha value is -1.59. The van der Waals surface area contributed by atoms with Gasteiger partial charge in [-0.2, -0.15) is 0 Å². The monoisotopic (exact) mass is 316 g/mol. The Labute approximate surface area is 136 Å². The van der Waals surface area contributed by atoms with Crippen molar-refractivity contribution in [2.75, 3.05) is 31.2 Å². The van der Waals surface area contributed by atoms with Crippen molar-refractivity contribution in [2.24, 2.45) is 7.05 Å². The molecule has 0 amide bonds. The van der Waals surface area contributed by atoms with Crippen LogP contribution in [0.15, 0.2) is 18.2 Å². The molecule has 2 aliphatic rings. The third-order valence-corrected chi connectivity index (χ3v) is 5.31. The molecule has 3 heterocycles. The first-order valence-electron chi connectivity index (χ1n) is 8.74. The molecule has 2 saturated heterocycles. The number of nitrogens with zero attached hydrogens (tertiary/aromatic N) is 2. The smallest absolute Gasteiger partial charge is 0.134 e. The van der Waals surface area contributed by atoms with Gasteiger partial charge in [0, 0.05) is 37.1 Å². The number of halogens is 1. The van der Waals surface area contributed by atoms with Crippen molar-refractivity contribution in [3.63, 3.8) is 0 Å². The van der Waals surface area contributed by atoms with Crippen molar-refractivity contribution >= 4 is 16.6 Å². The van der Waals surface area contributed by atoms with Crippen LogP contribution in [0.3, 0.4) is 0 Å². The van der Waals surface area contributed by atoms with E-state index < -0.39 is 0 Å². The van der Waals surface area contributed by atoms with Crippen molar-refractivity contribution in [2.45, 2.75) is 31.6 Å². The minimum absolute atomic E-state index is 0.111. The average Bonchev–Trinajstić information content (AvgIpc) is 2.94. The molecule has 124 valence electrons. The second-order valence-corrected chi connectivity index (χ2v) is 6.78. The van der Waals surface area contributed by atoms with Crippen LogP contribution >= 0.6 is 0 Å². The van der Waals surface area contributed by atoms with Crippen LogP contribution in [-0.2, 0) is 7.05 Å². The van der Waals surface area contributed by atoms with Crippen molar-refractivity contribution in [1.82, 2.24) is 15.3 Å². The number of hydrogen-bond donors (Lipinski definition) is 2. The largest absolute Gasteiger partial charge is 0.347 e. The van der Waals surface area contributed by atoms with Gasteiger partial charge in [0.2, 0.25) is 0 Å². The molecule has 2 aliphatic heterocycles. The molecule has 0 spiro atoms. The van der Waals surface area contributed by atoms with Crippen LogP contribution in [0.5, 0.6) is 0 Å². The van der Waals surface area contributed by atoms with Gasteiger partial charge < -0.3 is 14.9 Å². The highest BCUT2D eigenvalue weighted by Gasteiger charge is 2.22. The number of aryl methyl sites for hydroxylation is 1. The minimum Gasteiger partial charge on any atom is -0.347 e. The lowest BCUT2D eigenvalue weighted by atomic mass is 9.94. The predicted molar refractivity (Wildman–Crippen MR) is 92.3 cm³/mol. The Bertz CT molecular complexity index is 697. The first-order valence-corrected chi connectivity index (χ1v) is 8.74. The van der Waals surface area contributed by atoms with E-state index in [9.17, 15) is 4.39 Å². The van der Waals surface area contributed by atoms with Crippen LogP contribution in [0.2, 0.25) is 0 Å². The van der Waals surface area contributed by atoms with Crippen molar-refractivity contribution in [1.29, 1.82) is 0 Å². The average molecular weight is 316 g/mol. The summed E-state index contributed by atoms with van der Waals surface area (Å²) >= 11 is 0. The number of hydrazine groups is 1. The van der Waals surface area contributed by atoms with E-state index in [0.29, 0.717) is 5.92 Å². The Balaban J connectivity index is 1.74. The fraction of sp³-hybridized carbons (Fsp3) is 0.556. The lowest BCUT2D eigenvalue weighted by Crippen LogP contribution is -2.43. The third kappa shape index (κ3) is 2.72. The molecule has 0 radical (unpaired) electrons. The lowest BCUT2D eigenvalue weighted by molar-refractivity contribution is 0.446. The molecule has 0 atom stereocenters. The Morgan fingerprint density at radius 1 is 1.09 bits per heavy atom. The molecule has 5 heteroatoms. The molecular formula is C18H25FN4. The second kappa shape index (κ2) is 6.13. The summed E-state index contributed by atoms with van der Waals surface area (Å²) in [6.45, 7) is 4.01. The highest BCUT2D eigenvalue weighted by atomic mass is 19.1. The highest BCUT2D eigenvalue weighted by molar-refractivity contribution is 5.85. The Kier molecular flexibility index (Phi) is 3.99. The van der Waals surface area contributed by atoms with Crippen molar-refractivity contribution in [3.05, 3.63) is 29.7 Å². The number of fused-ring (bicyclic) bond motifs is 1. The topological polar surface area (TPSA) is 32.2 Å². The summed E-state index contributed by atoms with van der Waals surface area (Å²) in [5.74, 6) is 0.422. The summed E-state index contributed by atoms with van der Waals surface area (Å²) < 4.78 is 16.9. The third-order valence-electron chi connectivity index (χ3n) is 5.31.